The van der Waals surface area contributed by atoms with E-state index in [2.05, 4.69) is 30.0 Å². The molecule has 3 aromatic heterocycles. The highest BCUT2D eigenvalue weighted by Crippen LogP contribution is 2.29. The smallest absolute Gasteiger partial charge is 0.214 e. The van der Waals surface area contributed by atoms with Gasteiger partial charge in [-0.3, -0.25) is 5.10 Å². The van der Waals surface area contributed by atoms with Crippen LogP contribution in [-0.4, -0.2) is 44.3 Å². The van der Waals surface area contributed by atoms with Gasteiger partial charge in [0.2, 0.25) is 5.88 Å². The van der Waals surface area contributed by atoms with Crippen molar-refractivity contribution in [1.29, 1.82) is 0 Å². The van der Waals surface area contributed by atoms with E-state index in [1.54, 1.807) is 12.5 Å². The molecule has 0 aromatic carbocycles. The highest BCUT2D eigenvalue weighted by molar-refractivity contribution is 5.92. The summed E-state index contributed by atoms with van der Waals surface area (Å²) in [6, 6.07) is 3.89. The normalized spacial score (nSPS) is 14.3. The lowest BCUT2D eigenvalue weighted by Gasteiger charge is -2.31. The van der Waals surface area contributed by atoms with Crippen LogP contribution < -0.4 is 9.64 Å². The quantitative estimate of drug-likeness (QED) is 0.797. The number of hydrogen-bond donors (Lipinski definition) is 1. The van der Waals surface area contributed by atoms with E-state index in [9.17, 15) is 0 Å². The molecule has 7 heteroatoms. The van der Waals surface area contributed by atoms with Crippen molar-refractivity contribution in [2.75, 3.05) is 18.0 Å². The van der Waals surface area contributed by atoms with Gasteiger partial charge in [0.15, 0.2) is 0 Å². The molecule has 0 bridgehead atoms. The summed E-state index contributed by atoms with van der Waals surface area (Å²) in [6.45, 7) is 6.06. The molecule has 1 fully saturated rings. The minimum Gasteiger partial charge on any atom is -0.475 e. The summed E-state index contributed by atoms with van der Waals surface area (Å²) in [7, 11) is 0. The summed E-state index contributed by atoms with van der Waals surface area (Å²) in [5.41, 5.74) is 2.45. The van der Waals surface area contributed by atoms with Crippen LogP contribution in [0.3, 0.4) is 0 Å². The van der Waals surface area contributed by atoms with Crippen molar-refractivity contribution in [2.45, 2.75) is 26.4 Å². The van der Waals surface area contributed by atoms with E-state index in [0.717, 1.165) is 41.2 Å². The molecule has 23 heavy (non-hydrogen) atoms. The Bertz CT molecular complexity index is 839. The maximum Gasteiger partial charge on any atom is 0.214 e. The zero-order chi connectivity index (χ0) is 15.8. The Labute approximate surface area is 133 Å². The highest BCUT2D eigenvalue weighted by Gasteiger charge is 2.18. The summed E-state index contributed by atoms with van der Waals surface area (Å²) in [4.78, 5) is 15.2. The monoisotopic (exact) mass is 310 g/mol. The van der Waals surface area contributed by atoms with Crippen LogP contribution in [-0.2, 0) is 0 Å². The molecule has 0 radical (unpaired) electrons. The number of H-pyrrole nitrogens is 1. The van der Waals surface area contributed by atoms with Gasteiger partial charge in [0.25, 0.3) is 0 Å². The first-order valence-corrected chi connectivity index (χ1v) is 7.79. The largest absolute Gasteiger partial charge is 0.475 e. The van der Waals surface area contributed by atoms with Crippen LogP contribution in [0.5, 0.6) is 5.88 Å². The maximum absolute atomic E-state index is 5.68. The maximum atomic E-state index is 5.68. The van der Waals surface area contributed by atoms with Crippen LogP contribution in [0.15, 0.2) is 24.7 Å². The minimum atomic E-state index is 0.0763. The van der Waals surface area contributed by atoms with Crippen LogP contribution in [0.25, 0.3) is 22.3 Å². The fourth-order valence-electron chi connectivity index (χ4n) is 2.59. The molecule has 1 aliphatic heterocycles. The van der Waals surface area contributed by atoms with Gasteiger partial charge < -0.3 is 9.64 Å². The summed E-state index contributed by atoms with van der Waals surface area (Å²) in [6.07, 6.45) is 4.62. The number of nitrogens with one attached hydrogen (secondary N) is 1. The number of aromatic nitrogens is 5. The zero-order valence-corrected chi connectivity index (χ0v) is 13.2. The van der Waals surface area contributed by atoms with Crippen LogP contribution in [0.4, 0.5) is 5.82 Å². The number of rotatable bonds is 4. The minimum absolute atomic E-state index is 0.0763. The standard InChI is InChI=1S/C16H18N6O/c1-10(2)23-15-6-11-13(8-17-15)20-21-16(11)12-7-14(19-9-18-12)22-4-3-5-22/h6-10H,3-5H2,1-2H3,(H,20,21). The second-order valence-electron chi connectivity index (χ2n) is 5.91. The second kappa shape index (κ2) is 5.49. The lowest BCUT2D eigenvalue weighted by atomic mass is 10.1. The van der Waals surface area contributed by atoms with Crippen molar-refractivity contribution in [2.24, 2.45) is 0 Å². The van der Waals surface area contributed by atoms with Gasteiger partial charge in [-0.05, 0) is 20.3 Å². The molecular formula is C16H18N6O. The SMILES string of the molecule is CC(C)Oc1cc2c(-c3cc(N4CCC4)ncn3)n[nH]c2cn1. The van der Waals surface area contributed by atoms with E-state index in [4.69, 9.17) is 4.74 Å². The number of pyridine rings is 1. The first-order valence-electron chi connectivity index (χ1n) is 7.79. The molecule has 4 heterocycles. The lowest BCUT2D eigenvalue weighted by molar-refractivity contribution is 0.233. The molecule has 0 atom stereocenters. The van der Waals surface area contributed by atoms with Crippen molar-refractivity contribution in [3.63, 3.8) is 0 Å². The van der Waals surface area contributed by atoms with Crippen LogP contribution in [0.1, 0.15) is 20.3 Å². The Kier molecular flexibility index (Phi) is 3.33. The number of anilines is 1. The second-order valence-corrected chi connectivity index (χ2v) is 5.91. The fraction of sp³-hybridized carbons (Fsp3) is 0.375. The molecule has 4 rings (SSSR count). The number of fused-ring (bicyclic) bond motifs is 1. The summed E-state index contributed by atoms with van der Waals surface area (Å²) in [5.74, 6) is 1.54. The third-order valence-electron chi connectivity index (χ3n) is 3.85. The fourth-order valence-corrected chi connectivity index (χ4v) is 2.59. The molecule has 0 aliphatic carbocycles. The molecule has 7 nitrogen and oxygen atoms in total. The van der Waals surface area contributed by atoms with Gasteiger partial charge in [-0.2, -0.15) is 5.10 Å². The van der Waals surface area contributed by atoms with Crippen LogP contribution >= 0.6 is 0 Å². The topological polar surface area (TPSA) is 79.8 Å². The molecule has 3 aromatic rings. The Morgan fingerprint density at radius 2 is 2.04 bits per heavy atom. The van der Waals surface area contributed by atoms with Crippen molar-refractivity contribution in [3.8, 4) is 17.3 Å². The van der Waals surface area contributed by atoms with Crippen LogP contribution in [0, 0.1) is 0 Å². The Morgan fingerprint density at radius 1 is 1.17 bits per heavy atom. The Balaban J connectivity index is 1.75. The third-order valence-corrected chi connectivity index (χ3v) is 3.85. The van der Waals surface area contributed by atoms with E-state index < -0.39 is 0 Å². The number of aromatic amines is 1. The Hall–Kier alpha value is -2.70. The Morgan fingerprint density at radius 3 is 2.78 bits per heavy atom. The molecule has 0 unspecified atom stereocenters. The van der Waals surface area contributed by atoms with Gasteiger partial charge in [0, 0.05) is 30.6 Å². The van der Waals surface area contributed by atoms with Crippen molar-refractivity contribution in [3.05, 3.63) is 24.7 Å². The molecular weight excluding hydrogens is 292 g/mol. The van der Waals surface area contributed by atoms with Crippen molar-refractivity contribution in [1.82, 2.24) is 25.1 Å². The van der Waals surface area contributed by atoms with E-state index in [-0.39, 0.29) is 6.10 Å². The van der Waals surface area contributed by atoms with E-state index in [1.165, 1.54) is 6.42 Å². The first-order chi connectivity index (χ1) is 11.2. The van der Waals surface area contributed by atoms with E-state index >= 15 is 0 Å². The van der Waals surface area contributed by atoms with E-state index in [0.29, 0.717) is 5.88 Å². The lowest BCUT2D eigenvalue weighted by Crippen LogP contribution is -2.37. The predicted octanol–water partition coefficient (Wildman–Crippen LogP) is 2.41. The van der Waals surface area contributed by atoms with Gasteiger partial charge in [-0.15, -0.1) is 0 Å². The van der Waals surface area contributed by atoms with E-state index in [1.807, 2.05) is 26.0 Å². The van der Waals surface area contributed by atoms with Gasteiger partial charge in [-0.25, -0.2) is 15.0 Å². The molecule has 118 valence electrons. The van der Waals surface area contributed by atoms with Gasteiger partial charge in [0.1, 0.15) is 17.8 Å². The number of ether oxygens (including phenoxy) is 1. The molecule has 0 amide bonds. The number of nitrogens with zero attached hydrogens (tertiary/aromatic N) is 5. The van der Waals surface area contributed by atoms with Gasteiger partial charge in [-0.1, -0.05) is 0 Å². The molecule has 0 saturated carbocycles. The van der Waals surface area contributed by atoms with Crippen molar-refractivity contribution >= 4 is 16.7 Å². The predicted molar refractivity (Wildman–Crippen MR) is 87.5 cm³/mol. The highest BCUT2D eigenvalue weighted by atomic mass is 16.5. The van der Waals surface area contributed by atoms with Gasteiger partial charge >= 0.3 is 0 Å². The first kappa shape index (κ1) is 13.9. The number of hydrogen-bond acceptors (Lipinski definition) is 6. The summed E-state index contributed by atoms with van der Waals surface area (Å²) < 4.78 is 5.68. The molecule has 1 saturated heterocycles. The summed E-state index contributed by atoms with van der Waals surface area (Å²) in [5, 5.41) is 8.35. The van der Waals surface area contributed by atoms with Crippen molar-refractivity contribution < 1.29 is 4.74 Å². The molecule has 1 N–H and O–H groups in total. The molecule has 1 aliphatic rings. The summed E-state index contributed by atoms with van der Waals surface area (Å²) >= 11 is 0. The third kappa shape index (κ3) is 2.58. The average Bonchev–Trinajstić information content (AvgIpc) is 2.88. The van der Waals surface area contributed by atoms with Gasteiger partial charge in [0.05, 0.1) is 23.5 Å². The van der Waals surface area contributed by atoms with Crippen LogP contribution in [0.2, 0.25) is 0 Å². The zero-order valence-electron chi connectivity index (χ0n) is 13.2. The molecule has 0 spiro atoms. The average molecular weight is 310 g/mol.